The summed E-state index contributed by atoms with van der Waals surface area (Å²) in [4.78, 5) is 3.89. The van der Waals surface area contributed by atoms with Crippen molar-refractivity contribution in [1.82, 2.24) is 15.8 Å². The third kappa shape index (κ3) is 4.70. The van der Waals surface area contributed by atoms with Crippen molar-refractivity contribution in [2.24, 2.45) is 4.99 Å². The van der Waals surface area contributed by atoms with E-state index in [2.05, 4.69) is 25.3 Å². The molecule has 0 aliphatic rings. The zero-order valence-corrected chi connectivity index (χ0v) is 12.1. The van der Waals surface area contributed by atoms with Gasteiger partial charge in [0.15, 0.2) is 5.96 Å². The van der Waals surface area contributed by atoms with Gasteiger partial charge >= 0.3 is 6.18 Å². The van der Waals surface area contributed by atoms with Gasteiger partial charge in [0, 0.05) is 19.7 Å². The van der Waals surface area contributed by atoms with Crippen LogP contribution in [0.4, 0.5) is 17.6 Å². The summed E-state index contributed by atoms with van der Waals surface area (Å²) in [5, 5.41) is 9.30. The number of nitrogens with zero attached hydrogens (tertiary/aromatic N) is 2. The Kier molecular flexibility index (Phi) is 5.20. The summed E-state index contributed by atoms with van der Waals surface area (Å²) >= 11 is 0. The zero-order valence-electron chi connectivity index (χ0n) is 12.1. The highest BCUT2D eigenvalue weighted by Gasteiger charge is 2.33. The van der Waals surface area contributed by atoms with Crippen molar-refractivity contribution < 1.29 is 22.1 Å². The Bertz CT molecular complexity index is 668. The van der Waals surface area contributed by atoms with E-state index in [-0.39, 0.29) is 18.1 Å². The first-order chi connectivity index (χ1) is 10.9. The number of aliphatic imine (C=N–C) groups is 1. The van der Waals surface area contributed by atoms with Gasteiger partial charge in [0.1, 0.15) is 17.8 Å². The highest BCUT2D eigenvalue weighted by Crippen LogP contribution is 2.32. The van der Waals surface area contributed by atoms with Crippen LogP contribution in [0.2, 0.25) is 0 Å². The van der Waals surface area contributed by atoms with E-state index in [9.17, 15) is 17.6 Å². The monoisotopic (exact) mass is 330 g/mol. The summed E-state index contributed by atoms with van der Waals surface area (Å²) < 4.78 is 56.4. The minimum absolute atomic E-state index is 0.0803. The number of guanidine groups is 1. The number of aromatic nitrogens is 1. The Hall–Kier alpha value is -2.58. The highest BCUT2D eigenvalue weighted by atomic mass is 19.4. The second kappa shape index (κ2) is 7.12. The maximum atomic E-state index is 13.0. The van der Waals surface area contributed by atoms with E-state index in [0.29, 0.717) is 18.3 Å². The third-order valence-electron chi connectivity index (χ3n) is 2.98. The van der Waals surface area contributed by atoms with E-state index in [1.165, 1.54) is 13.3 Å². The van der Waals surface area contributed by atoms with Crippen LogP contribution >= 0.6 is 0 Å². The molecule has 23 heavy (non-hydrogen) atoms. The fraction of sp³-hybridized carbons (Fsp3) is 0.286. The van der Waals surface area contributed by atoms with Crippen LogP contribution in [0.15, 0.2) is 40.0 Å². The van der Waals surface area contributed by atoms with Gasteiger partial charge in [-0.1, -0.05) is 11.2 Å². The van der Waals surface area contributed by atoms with Crippen molar-refractivity contribution in [2.75, 3.05) is 7.05 Å². The lowest BCUT2D eigenvalue weighted by molar-refractivity contribution is -0.138. The molecule has 2 aromatic rings. The molecular formula is C14H14F4N4O. The molecule has 0 amide bonds. The lowest BCUT2D eigenvalue weighted by Crippen LogP contribution is -2.36. The predicted octanol–water partition coefficient (Wildman–Crippen LogP) is 2.70. The fourth-order valence-corrected chi connectivity index (χ4v) is 1.87. The largest absolute Gasteiger partial charge is 0.416 e. The van der Waals surface area contributed by atoms with E-state index in [0.717, 1.165) is 12.1 Å². The summed E-state index contributed by atoms with van der Waals surface area (Å²) in [7, 11) is 1.48. The molecule has 0 saturated carbocycles. The van der Waals surface area contributed by atoms with Crippen molar-refractivity contribution in [1.29, 1.82) is 0 Å². The van der Waals surface area contributed by atoms with Crippen LogP contribution in [0, 0.1) is 5.82 Å². The number of nitrogens with one attached hydrogen (secondary N) is 2. The van der Waals surface area contributed by atoms with Gasteiger partial charge in [-0.25, -0.2) is 4.39 Å². The molecule has 0 atom stereocenters. The Morgan fingerprint density at radius 3 is 2.57 bits per heavy atom. The first kappa shape index (κ1) is 16.8. The molecule has 2 N–H and O–H groups in total. The first-order valence-corrected chi connectivity index (χ1v) is 6.59. The SMILES string of the molecule is CN=C(NCc1ccon1)NCc1ccc(F)cc1C(F)(F)F. The molecule has 0 radical (unpaired) electrons. The maximum Gasteiger partial charge on any atom is 0.416 e. The van der Waals surface area contributed by atoms with Crippen LogP contribution in [-0.4, -0.2) is 18.2 Å². The smallest absolute Gasteiger partial charge is 0.364 e. The van der Waals surface area contributed by atoms with Crippen LogP contribution < -0.4 is 10.6 Å². The van der Waals surface area contributed by atoms with E-state index in [1.54, 1.807) is 6.07 Å². The fourth-order valence-electron chi connectivity index (χ4n) is 1.87. The number of hydrogen-bond donors (Lipinski definition) is 2. The van der Waals surface area contributed by atoms with Crippen LogP contribution in [0.25, 0.3) is 0 Å². The molecule has 9 heteroatoms. The van der Waals surface area contributed by atoms with Gasteiger partial charge in [-0.05, 0) is 17.7 Å². The topological polar surface area (TPSA) is 62.5 Å². The molecule has 0 bridgehead atoms. The second-order valence-electron chi connectivity index (χ2n) is 4.57. The van der Waals surface area contributed by atoms with Crippen molar-refractivity contribution in [3.05, 3.63) is 53.2 Å². The number of benzene rings is 1. The van der Waals surface area contributed by atoms with Crippen LogP contribution in [0.3, 0.4) is 0 Å². The lowest BCUT2D eigenvalue weighted by Gasteiger charge is -2.15. The van der Waals surface area contributed by atoms with Crippen molar-refractivity contribution in [2.45, 2.75) is 19.3 Å². The van der Waals surface area contributed by atoms with Gasteiger partial charge < -0.3 is 15.2 Å². The minimum atomic E-state index is -4.63. The average Bonchev–Trinajstić information content (AvgIpc) is 3.01. The molecule has 1 heterocycles. The Balaban J connectivity index is 2.01. The Labute approximate surface area is 129 Å². The van der Waals surface area contributed by atoms with Crippen molar-refractivity contribution in [3.63, 3.8) is 0 Å². The van der Waals surface area contributed by atoms with Gasteiger partial charge in [0.25, 0.3) is 0 Å². The molecule has 2 rings (SSSR count). The zero-order chi connectivity index (χ0) is 16.9. The summed E-state index contributed by atoms with van der Waals surface area (Å²) in [5.74, 6) is -0.653. The molecular weight excluding hydrogens is 316 g/mol. The van der Waals surface area contributed by atoms with Gasteiger partial charge in [-0.15, -0.1) is 0 Å². The number of halogens is 4. The molecule has 0 unspecified atom stereocenters. The standard InChI is InChI=1S/C14H14F4N4O/c1-19-13(21-8-11-4-5-23-22-11)20-7-9-2-3-10(15)6-12(9)14(16,17)18/h2-6H,7-8H2,1H3,(H2,19,20,21). The van der Waals surface area contributed by atoms with E-state index < -0.39 is 17.6 Å². The average molecular weight is 330 g/mol. The molecule has 0 fully saturated rings. The summed E-state index contributed by atoms with van der Waals surface area (Å²) in [6, 6.07) is 4.19. The van der Waals surface area contributed by atoms with Gasteiger partial charge in [0.05, 0.1) is 12.1 Å². The van der Waals surface area contributed by atoms with Gasteiger partial charge in [0.2, 0.25) is 0 Å². The normalized spacial score (nSPS) is 12.3. The van der Waals surface area contributed by atoms with Gasteiger partial charge in [-0.2, -0.15) is 13.2 Å². The van der Waals surface area contributed by atoms with Crippen molar-refractivity contribution >= 4 is 5.96 Å². The Morgan fingerprint density at radius 1 is 1.22 bits per heavy atom. The molecule has 0 spiro atoms. The number of hydrogen-bond acceptors (Lipinski definition) is 3. The van der Waals surface area contributed by atoms with Gasteiger partial charge in [-0.3, -0.25) is 4.99 Å². The van der Waals surface area contributed by atoms with E-state index in [1.807, 2.05) is 0 Å². The van der Waals surface area contributed by atoms with E-state index in [4.69, 9.17) is 0 Å². The predicted molar refractivity (Wildman–Crippen MR) is 74.9 cm³/mol. The molecule has 124 valence electrons. The van der Waals surface area contributed by atoms with E-state index >= 15 is 0 Å². The minimum Gasteiger partial charge on any atom is -0.364 e. The summed E-state index contributed by atoms with van der Waals surface area (Å²) in [5.41, 5.74) is -0.481. The van der Waals surface area contributed by atoms with Crippen LogP contribution in [0.1, 0.15) is 16.8 Å². The molecule has 1 aromatic carbocycles. The maximum absolute atomic E-state index is 13.0. The van der Waals surface area contributed by atoms with Crippen LogP contribution in [-0.2, 0) is 19.3 Å². The summed E-state index contributed by atoms with van der Waals surface area (Å²) in [6.07, 6.45) is -3.22. The Morgan fingerprint density at radius 2 is 1.96 bits per heavy atom. The third-order valence-corrected chi connectivity index (χ3v) is 2.98. The molecule has 0 saturated heterocycles. The molecule has 5 nitrogen and oxygen atoms in total. The quantitative estimate of drug-likeness (QED) is 0.514. The highest BCUT2D eigenvalue weighted by molar-refractivity contribution is 5.79. The van der Waals surface area contributed by atoms with Crippen molar-refractivity contribution in [3.8, 4) is 0 Å². The summed E-state index contributed by atoms with van der Waals surface area (Å²) in [6.45, 7) is 0.138. The lowest BCUT2D eigenvalue weighted by atomic mass is 10.1. The first-order valence-electron chi connectivity index (χ1n) is 6.59. The number of rotatable bonds is 4. The molecule has 1 aromatic heterocycles. The van der Waals surface area contributed by atoms with Crippen LogP contribution in [0.5, 0.6) is 0 Å². The second-order valence-corrected chi connectivity index (χ2v) is 4.57. The molecule has 0 aliphatic carbocycles. The number of alkyl halides is 3. The molecule has 0 aliphatic heterocycles.